The lowest BCUT2D eigenvalue weighted by Crippen LogP contribution is -2.32. The van der Waals surface area contributed by atoms with Gasteiger partial charge in [-0.05, 0) is 48.9 Å². The van der Waals surface area contributed by atoms with Gasteiger partial charge in [-0.2, -0.15) is 0 Å². The molecule has 0 saturated carbocycles. The molecule has 0 radical (unpaired) electrons. The highest BCUT2D eigenvalue weighted by Gasteiger charge is 2.41. The van der Waals surface area contributed by atoms with Crippen molar-refractivity contribution in [1.82, 2.24) is 0 Å². The van der Waals surface area contributed by atoms with Crippen LogP contribution in [0.25, 0.3) is 5.57 Å². The number of rotatable bonds is 7. The lowest BCUT2D eigenvalue weighted by atomic mass is 10.0. The number of nitrogens with one attached hydrogen (secondary N) is 1. The van der Waals surface area contributed by atoms with Crippen LogP contribution in [-0.2, 0) is 9.59 Å². The third kappa shape index (κ3) is 3.92. The largest absolute Gasteiger partial charge is 0.495 e. The van der Waals surface area contributed by atoms with Gasteiger partial charge in [0.05, 0.1) is 25.0 Å². The van der Waals surface area contributed by atoms with Gasteiger partial charge in [-0.1, -0.05) is 30.3 Å². The Morgan fingerprint density at radius 3 is 2.41 bits per heavy atom. The van der Waals surface area contributed by atoms with Crippen molar-refractivity contribution in [2.24, 2.45) is 0 Å². The van der Waals surface area contributed by atoms with Crippen molar-refractivity contribution in [3.63, 3.8) is 0 Å². The molecule has 0 fully saturated rings. The van der Waals surface area contributed by atoms with Crippen molar-refractivity contribution in [3.8, 4) is 11.5 Å². The zero-order chi connectivity index (χ0) is 22.7. The van der Waals surface area contributed by atoms with E-state index in [0.717, 1.165) is 4.90 Å². The normalized spacial score (nSPS) is 13.5. The first-order valence-electron chi connectivity index (χ1n) is 10.1. The number of benzene rings is 3. The number of hydrogen-bond donors (Lipinski definition) is 1. The molecule has 0 saturated heterocycles. The fourth-order valence-corrected chi connectivity index (χ4v) is 3.54. The molecule has 1 aliphatic rings. The molecule has 0 bridgehead atoms. The first kappa shape index (κ1) is 21.1. The predicted octanol–water partition coefficient (Wildman–Crippen LogP) is 4.63. The number of ether oxygens (including phenoxy) is 2. The summed E-state index contributed by atoms with van der Waals surface area (Å²) in [4.78, 5) is 28.0. The van der Waals surface area contributed by atoms with Crippen molar-refractivity contribution >= 4 is 28.8 Å². The fraction of sp³-hybridized carbons (Fsp3) is 0.120. The Kier molecular flexibility index (Phi) is 5.89. The summed E-state index contributed by atoms with van der Waals surface area (Å²) in [6, 6.07) is 19.3. The van der Waals surface area contributed by atoms with E-state index in [1.54, 1.807) is 48.5 Å². The SMILES string of the molecule is CCOc1cccc(NC2=C(c3ccc(F)cc3)C(=O)N(c3ccccc3OC)C2=O)c1. The molecule has 0 spiro atoms. The van der Waals surface area contributed by atoms with Crippen LogP contribution >= 0.6 is 0 Å². The van der Waals surface area contributed by atoms with E-state index in [1.807, 2.05) is 6.92 Å². The second kappa shape index (κ2) is 8.93. The molecule has 162 valence electrons. The average molecular weight is 432 g/mol. The summed E-state index contributed by atoms with van der Waals surface area (Å²) in [5, 5.41) is 3.07. The number of anilines is 2. The van der Waals surface area contributed by atoms with E-state index in [9.17, 15) is 14.0 Å². The lowest BCUT2D eigenvalue weighted by molar-refractivity contribution is -0.120. The van der Waals surface area contributed by atoms with Crippen molar-refractivity contribution in [2.45, 2.75) is 6.92 Å². The van der Waals surface area contributed by atoms with Gasteiger partial charge in [0.15, 0.2) is 0 Å². The van der Waals surface area contributed by atoms with E-state index in [1.165, 1.54) is 31.4 Å². The molecule has 0 atom stereocenters. The molecule has 2 amide bonds. The van der Waals surface area contributed by atoms with E-state index in [-0.39, 0.29) is 11.3 Å². The number of amides is 2. The van der Waals surface area contributed by atoms with E-state index in [2.05, 4.69) is 5.32 Å². The zero-order valence-electron chi connectivity index (χ0n) is 17.6. The van der Waals surface area contributed by atoms with Crippen LogP contribution in [0.3, 0.4) is 0 Å². The molecule has 4 rings (SSSR count). The van der Waals surface area contributed by atoms with Crippen LogP contribution in [0.1, 0.15) is 12.5 Å². The Morgan fingerprint density at radius 2 is 1.69 bits per heavy atom. The van der Waals surface area contributed by atoms with Crippen molar-refractivity contribution < 1.29 is 23.5 Å². The standard InChI is InChI=1S/C25H21FN2O4/c1-3-32-19-8-6-7-18(15-19)27-23-22(16-11-13-17(26)14-12-16)24(29)28(25(23)30)20-9-4-5-10-21(20)31-2/h4-15,27H,3H2,1-2H3. The van der Waals surface area contributed by atoms with Crippen molar-refractivity contribution in [3.05, 3.63) is 89.9 Å². The number of para-hydroxylation sites is 2. The van der Waals surface area contributed by atoms with Crippen LogP contribution in [0.2, 0.25) is 0 Å². The molecule has 3 aromatic carbocycles. The minimum atomic E-state index is -0.541. The van der Waals surface area contributed by atoms with Gasteiger partial charge in [0.2, 0.25) is 0 Å². The summed E-state index contributed by atoms with van der Waals surface area (Å²) in [6.07, 6.45) is 0. The third-order valence-electron chi connectivity index (χ3n) is 4.96. The second-order valence-electron chi connectivity index (χ2n) is 6.96. The Bertz CT molecular complexity index is 1200. The smallest absolute Gasteiger partial charge is 0.282 e. The molecular formula is C25H21FN2O4. The second-order valence-corrected chi connectivity index (χ2v) is 6.96. The molecule has 7 heteroatoms. The average Bonchev–Trinajstić information content (AvgIpc) is 3.04. The van der Waals surface area contributed by atoms with E-state index < -0.39 is 17.6 Å². The molecule has 0 unspecified atom stereocenters. The summed E-state index contributed by atoms with van der Waals surface area (Å²) in [5.74, 6) is -0.506. The molecular weight excluding hydrogens is 411 g/mol. The first-order valence-corrected chi connectivity index (χ1v) is 10.1. The molecule has 3 aromatic rings. The summed E-state index contributed by atoms with van der Waals surface area (Å²) in [7, 11) is 1.47. The predicted molar refractivity (Wildman–Crippen MR) is 120 cm³/mol. The van der Waals surface area contributed by atoms with E-state index in [0.29, 0.717) is 35.0 Å². The van der Waals surface area contributed by atoms with Gasteiger partial charge in [-0.15, -0.1) is 0 Å². The number of nitrogens with zero attached hydrogens (tertiary/aromatic N) is 1. The topological polar surface area (TPSA) is 67.9 Å². The Labute approximate surface area is 184 Å². The Morgan fingerprint density at radius 1 is 0.938 bits per heavy atom. The summed E-state index contributed by atoms with van der Waals surface area (Å²) in [6.45, 7) is 2.37. The summed E-state index contributed by atoms with van der Waals surface area (Å²) in [5.41, 5.74) is 1.55. The number of methoxy groups -OCH3 is 1. The summed E-state index contributed by atoms with van der Waals surface area (Å²) < 4.78 is 24.4. The highest BCUT2D eigenvalue weighted by atomic mass is 19.1. The molecule has 0 aromatic heterocycles. The summed E-state index contributed by atoms with van der Waals surface area (Å²) >= 11 is 0. The van der Waals surface area contributed by atoms with Gasteiger partial charge in [-0.3, -0.25) is 9.59 Å². The molecule has 1 aliphatic heterocycles. The zero-order valence-corrected chi connectivity index (χ0v) is 17.6. The third-order valence-corrected chi connectivity index (χ3v) is 4.96. The van der Waals surface area contributed by atoms with Gasteiger partial charge in [0, 0.05) is 11.8 Å². The van der Waals surface area contributed by atoms with Crippen LogP contribution in [0.4, 0.5) is 15.8 Å². The molecule has 0 aliphatic carbocycles. The minimum absolute atomic E-state index is 0.0844. The highest BCUT2D eigenvalue weighted by Crippen LogP contribution is 2.38. The van der Waals surface area contributed by atoms with E-state index in [4.69, 9.17) is 9.47 Å². The number of hydrogen-bond acceptors (Lipinski definition) is 5. The van der Waals surface area contributed by atoms with E-state index >= 15 is 0 Å². The Hall–Kier alpha value is -4.13. The quantitative estimate of drug-likeness (QED) is 0.552. The number of carbonyl (C=O) groups excluding carboxylic acids is 2. The number of halogens is 1. The monoisotopic (exact) mass is 432 g/mol. The molecule has 1 N–H and O–H groups in total. The van der Waals surface area contributed by atoms with Crippen LogP contribution in [-0.4, -0.2) is 25.5 Å². The molecule has 32 heavy (non-hydrogen) atoms. The van der Waals surface area contributed by atoms with Crippen LogP contribution in [0.5, 0.6) is 11.5 Å². The van der Waals surface area contributed by atoms with Gasteiger partial charge < -0.3 is 14.8 Å². The fourth-order valence-electron chi connectivity index (χ4n) is 3.54. The number of imide groups is 1. The van der Waals surface area contributed by atoms with Crippen molar-refractivity contribution in [2.75, 3.05) is 23.9 Å². The maximum absolute atomic E-state index is 13.5. The van der Waals surface area contributed by atoms with Gasteiger partial charge in [-0.25, -0.2) is 9.29 Å². The van der Waals surface area contributed by atoms with Crippen LogP contribution in [0.15, 0.2) is 78.5 Å². The van der Waals surface area contributed by atoms with Crippen LogP contribution < -0.4 is 19.7 Å². The number of carbonyl (C=O) groups is 2. The van der Waals surface area contributed by atoms with Gasteiger partial charge in [0.25, 0.3) is 11.8 Å². The molecule has 1 heterocycles. The molecule has 6 nitrogen and oxygen atoms in total. The lowest BCUT2D eigenvalue weighted by Gasteiger charge is -2.18. The van der Waals surface area contributed by atoms with Crippen LogP contribution in [0, 0.1) is 5.82 Å². The first-order chi connectivity index (χ1) is 15.5. The maximum atomic E-state index is 13.5. The van der Waals surface area contributed by atoms with Gasteiger partial charge >= 0.3 is 0 Å². The van der Waals surface area contributed by atoms with Crippen molar-refractivity contribution in [1.29, 1.82) is 0 Å². The maximum Gasteiger partial charge on any atom is 0.282 e. The Balaban J connectivity index is 1.81. The highest BCUT2D eigenvalue weighted by molar-refractivity contribution is 6.46. The van der Waals surface area contributed by atoms with Gasteiger partial charge in [0.1, 0.15) is 23.0 Å². The minimum Gasteiger partial charge on any atom is -0.495 e.